The van der Waals surface area contributed by atoms with Gasteiger partial charge in [-0.1, -0.05) is 19.4 Å². The van der Waals surface area contributed by atoms with Gasteiger partial charge in [-0.25, -0.2) is 9.18 Å². The van der Waals surface area contributed by atoms with Crippen LogP contribution in [0, 0.1) is 17.1 Å². The molecule has 1 unspecified atom stereocenters. The first-order valence-electron chi connectivity index (χ1n) is 5.18. The second-order valence-corrected chi connectivity index (χ2v) is 3.46. The fourth-order valence-corrected chi connectivity index (χ4v) is 1.36. The molecule has 0 aliphatic carbocycles. The molecule has 0 fully saturated rings. The van der Waals surface area contributed by atoms with Crippen LogP contribution in [-0.2, 0) is 4.79 Å². The predicted octanol–water partition coefficient (Wildman–Crippen LogP) is 2.33. The summed E-state index contributed by atoms with van der Waals surface area (Å²) in [6.07, 6.45) is -0.140. The standard InChI is InChI=1S/C12H12FNO3/c1-2-4-11(12(15)16)17-10-6-3-5-9(13)8(10)7-14/h3,5-6,11H,2,4H2,1H3,(H,15,16). The van der Waals surface area contributed by atoms with E-state index in [1.807, 2.05) is 6.92 Å². The van der Waals surface area contributed by atoms with Gasteiger partial charge in [-0.15, -0.1) is 0 Å². The van der Waals surface area contributed by atoms with E-state index in [0.29, 0.717) is 12.8 Å². The first-order valence-corrected chi connectivity index (χ1v) is 5.18. The normalized spacial score (nSPS) is 11.6. The Bertz CT molecular complexity index is 454. The molecule has 1 aromatic carbocycles. The molecule has 0 saturated carbocycles. The SMILES string of the molecule is CCCC(Oc1cccc(F)c1C#N)C(=O)O. The zero-order valence-corrected chi connectivity index (χ0v) is 9.31. The van der Waals surface area contributed by atoms with E-state index in [0.717, 1.165) is 6.07 Å². The first kappa shape index (κ1) is 13.0. The molecule has 0 radical (unpaired) electrons. The van der Waals surface area contributed by atoms with Crippen molar-refractivity contribution in [2.24, 2.45) is 0 Å². The minimum absolute atomic E-state index is 0.0339. The number of aliphatic carboxylic acids is 1. The van der Waals surface area contributed by atoms with E-state index in [2.05, 4.69) is 0 Å². The summed E-state index contributed by atoms with van der Waals surface area (Å²) in [7, 11) is 0. The van der Waals surface area contributed by atoms with Gasteiger partial charge in [0.05, 0.1) is 0 Å². The van der Waals surface area contributed by atoms with Crippen molar-refractivity contribution in [2.45, 2.75) is 25.9 Å². The Morgan fingerprint density at radius 1 is 1.65 bits per heavy atom. The van der Waals surface area contributed by atoms with Gasteiger partial charge in [0.2, 0.25) is 0 Å². The number of hydrogen-bond donors (Lipinski definition) is 1. The van der Waals surface area contributed by atoms with Crippen LogP contribution in [0.2, 0.25) is 0 Å². The molecule has 1 N–H and O–H groups in total. The number of ether oxygens (including phenoxy) is 1. The first-order chi connectivity index (χ1) is 8.10. The van der Waals surface area contributed by atoms with Gasteiger partial charge in [0.1, 0.15) is 23.2 Å². The second kappa shape index (κ2) is 5.85. The Kier molecular flexibility index (Phi) is 4.46. The lowest BCUT2D eigenvalue weighted by molar-refractivity contribution is -0.145. The fraction of sp³-hybridized carbons (Fsp3) is 0.333. The Morgan fingerprint density at radius 2 is 2.35 bits per heavy atom. The largest absolute Gasteiger partial charge is 0.479 e. The van der Waals surface area contributed by atoms with Gasteiger partial charge in [-0.3, -0.25) is 0 Å². The van der Waals surface area contributed by atoms with E-state index in [1.54, 1.807) is 6.07 Å². The van der Waals surface area contributed by atoms with Crippen molar-refractivity contribution in [1.82, 2.24) is 0 Å². The highest BCUT2D eigenvalue weighted by Crippen LogP contribution is 2.22. The summed E-state index contributed by atoms with van der Waals surface area (Å²) in [4.78, 5) is 10.9. The third-order valence-electron chi connectivity index (χ3n) is 2.18. The zero-order chi connectivity index (χ0) is 12.8. The van der Waals surface area contributed by atoms with Crippen LogP contribution in [-0.4, -0.2) is 17.2 Å². The van der Waals surface area contributed by atoms with Gasteiger partial charge in [0.15, 0.2) is 6.10 Å². The van der Waals surface area contributed by atoms with E-state index < -0.39 is 17.9 Å². The summed E-state index contributed by atoms with van der Waals surface area (Å²) in [5.41, 5.74) is -0.269. The molecule has 4 nitrogen and oxygen atoms in total. The lowest BCUT2D eigenvalue weighted by Gasteiger charge is -2.15. The molecular formula is C12H12FNO3. The van der Waals surface area contributed by atoms with E-state index >= 15 is 0 Å². The summed E-state index contributed by atoms with van der Waals surface area (Å²) < 4.78 is 18.4. The van der Waals surface area contributed by atoms with Crippen LogP contribution in [0.4, 0.5) is 4.39 Å². The summed E-state index contributed by atoms with van der Waals surface area (Å²) in [6, 6.07) is 5.54. The van der Waals surface area contributed by atoms with E-state index in [9.17, 15) is 9.18 Å². The molecule has 0 amide bonds. The maximum atomic E-state index is 13.2. The number of benzene rings is 1. The minimum Gasteiger partial charge on any atom is -0.479 e. The molecule has 1 atom stereocenters. The number of nitriles is 1. The average molecular weight is 237 g/mol. The van der Waals surface area contributed by atoms with Gasteiger partial charge < -0.3 is 9.84 Å². The van der Waals surface area contributed by atoms with Crippen LogP contribution in [0.1, 0.15) is 25.3 Å². The van der Waals surface area contributed by atoms with Gasteiger partial charge >= 0.3 is 5.97 Å². The Labute approximate surface area is 98.2 Å². The Morgan fingerprint density at radius 3 is 2.88 bits per heavy atom. The highest BCUT2D eigenvalue weighted by molar-refractivity contribution is 5.72. The van der Waals surface area contributed by atoms with Gasteiger partial charge in [0.25, 0.3) is 0 Å². The molecule has 0 aromatic heterocycles. The summed E-state index contributed by atoms with van der Waals surface area (Å²) in [5, 5.41) is 17.7. The molecule has 1 rings (SSSR count). The minimum atomic E-state index is -1.12. The Balaban J connectivity index is 2.97. The molecule has 0 heterocycles. The van der Waals surface area contributed by atoms with Crippen molar-refractivity contribution in [1.29, 1.82) is 5.26 Å². The molecule has 0 aliphatic heterocycles. The van der Waals surface area contributed by atoms with Crippen LogP contribution in [0.3, 0.4) is 0 Å². The number of carboxylic acids is 1. The average Bonchev–Trinajstić information content (AvgIpc) is 2.28. The fourth-order valence-electron chi connectivity index (χ4n) is 1.36. The number of carbonyl (C=O) groups is 1. The van der Waals surface area contributed by atoms with Gasteiger partial charge in [-0.2, -0.15) is 5.26 Å². The summed E-state index contributed by atoms with van der Waals surface area (Å²) >= 11 is 0. The molecule has 0 saturated heterocycles. The smallest absolute Gasteiger partial charge is 0.344 e. The van der Waals surface area contributed by atoms with Crippen molar-refractivity contribution in [3.63, 3.8) is 0 Å². The molecular weight excluding hydrogens is 225 g/mol. The quantitative estimate of drug-likeness (QED) is 0.853. The highest BCUT2D eigenvalue weighted by atomic mass is 19.1. The molecule has 17 heavy (non-hydrogen) atoms. The van der Waals surface area contributed by atoms with Gasteiger partial charge in [0, 0.05) is 0 Å². The van der Waals surface area contributed by atoms with Crippen molar-refractivity contribution in [3.05, 3.63) is 29.6 Å². The lowest BCUT2D eigenvalue weighted by atomic mass is 10.2. The molecule has 0 aliphatic rings. The van der Waals surface area contributed by atoms with Crippen molar-refractivity contribution in [3.8, 4) is 11.8 Å². The molecule has 5 heteroatoms. The maximum absolute atomic E-state index is 13.2. The second-order valence-electron chi connectivity index (χ2n) is 3.46. The Hall–Kier alpha value is -2.09. The highest BCUT2D eigenvalue weighted by Gasteiger charge is 2.20. The molecule has 0 bridgehead atoms. The molecule has 90 valence electrons. The number of halogens is 1. The van der Waals surface area contributed by atoms with Crippen LogP contribution < -0.4 is 4.74 Å². The summed E-state index contributed by atoms with van der Waals surface area (Å²) in [6.45, 7) is 1.82. The van der Waals surface area contributed by atoms with E-state index in [-0.39, 0.29) is 11.3 Å². The molecule has 1 aromatic rings. The third-order valence-corrected chi connectivity index (χ3v) is 2.18. The van der Waals surface area contributed by atoms with E-state index in [4.69, 9.17) is 15.1 Å². The number of nitrogens with zero attached hydrogens (tertiary/aromatic N) is 1. The van der Waals surface area contributed by atoms with Crippen molar-refractivity contribution >= 4 is 5.97 Å². The van der Waals surface area contributed by atoms with Gasteiger partial charge in [-0.05, 0) is 18.6 Å². The topological polar surface area (TPSA) is 70.3 Å². The number of hydrogen-bond acceptors (Lipinski definition) is 3. The summed E-state index contributed by atoms with van der Waals surface area (Å²) in [5.74, 6) is -1.88. The van der Waals surface area contributed by atoms with Crippen molar-refractivity contribution < 1.29 is 19.0 Å². The van der Waals surface area contributed by atoms with Crippen LogP contribution in [0.5, 0.6) is 5.75 Å². The van der Waals surface area contributed by atoms with Crippen molar-refractivity contribution in [2.75, 3.05) is 0 Å². The van der Waals surface area contributed by atoms with Crippen LogP contribution in [0.25, 0.3) is 0 Å². The monoisotopic (exact) mass is 237 g/mol. The number of rotatable bonds is 5. The predicted molar refractivity (Wildman–Crippen MR) is 58.1 cm³/mol. The van der Waals surface area contributed by atoms with Crippen LogP contribution >= 0.6 is 0 Å². The third kappa shape index (κ3) is 3.18. The number of carboxylic acid groups (broad SMARTS) is 1. The lowest BCUT2D eigenvalue weighted by Crippen LogP contribution is -2.27. The van der Waals surface area contributed by atoms with Crippen LogP contribution in [0.15, 0.2) is 18.2 Å². The zero-order valence-electron chi connectivity index (χ0n) is 9.31. The maximum Gasteiger partial charge on any atom is 0.344 e. The molecule has 0 spiro atoms. The van der Waals surface area contributed by atoms with E-state index in [1.165, 1.54) is 12.1 Å².